The molecule has 0 aliphatic carbocycles. The third kappa shape index (κ3) is 5.51. The third-order valence-electron chi connectivity index (χ3n) is 8.71. The maximum atomic E-state index is 12.3. The van der Waals surface area contributed by atoms with Crippen molar-refractivity contribution in [3.8, 4) is 5.75 Å². The lowest BCUT2D eigenvalue weighted by atomic mass is 9.76. The molecule has 3 heterocycles. The molecule has 5 nitrogen and oxygen atoms in total. The molecule has 1 saturated heterocycles. The summed E-state index contributed by atoms with van der Waals surface area (Å²) in [6, 6.07) is 12.2. The van der Waals surface area contributed by atoms with E-state index in [0.29, 0.717) is 18.4 Å². The fourth-order valence-corrected chi connectivity index (χ4v) is 5.68. The summed E-state index contributed by atoms with van der Waals surface area (Å²) in [5.41, 5.74) is 3.93. The molecule has 192 valence electrons. The standard InChI is InChI=1S/C30H44N2O3/c1-7-29(3,4)23-12-13-27(25(15-23)30(5,6)8-2)35-20-24(33)19-31-16-21-14-22(18-31)26-10-9-11-28(34)32(26)17-21/h9-13,15,21-22,24,33H,7-8,14,16-20H2,1-6H3/t21-,22-,24-/m0/s1. The Balaban J connectivity index is 1.43. The van der Waals surface area contributed by atoms with Crippen molar-refractivity contribution in [2.75, 3.05) is 26.2 Å². The largest absolute Gasteiger partial charge is 0.491 e. The number of nitrogens with zero attached hydrogens (tertiary/aromatic N) is 2. The van der Waals surface area contributed by atoms with Gasteiger partial charge in [-0.15, -0.1) is 0 Å². The molecular weight excluding hydrogens is 436 g/mol. The first-order chi connectivity index (χ1) is 16.5. The van der Waals surface area contributed by atoms with Crippen molar-refractivity contribution in [3.05, 3.63) is 63.6 Å². The van der Waals surface area contributed by atoms with Crippen LogP contribution < -0.4 is 10.3 Å². The van der Waals surface area contributed by atoms with Crippen LogP contribution in [0.25, 0.3) is 0 Å². The van der Waals surface area contributed by atoms with E-state index in [0.717, 1.165) is 50.3 Å². The number of rotatable bonds is 9. The lowest BCUT2D eigenvalue weighted by molar-refractivity contribution is 0.0380. The van der Waals surface area contributed by atoms with Gasteiger partial charge in [-0.1, -0.05) is 59.7 Å². The van der Waals surface area contributed by atoms with Crippen molar-refractivity contribution < 1.29 is 9.84 Å². The summed E-state index contributed by atoms with van der Waals surface area (Å²) in [6.07, 6.45) is 2.66. The summed E-state index contributed by atoms with van der Waals surface area (Å²) in [5.74, 6) is 1.70. The number of piperidine rings is 1. The Labute approximate surface area is 211 Å². The van der Waals surface area contributed by atoms with Gasteiger partial charge >= 0.3 is 0 Å². The zero-order valence-electron chi connectivity index (χ0n) is 22.5. The van der Waals surface area contributed by atoms with E-state index < -0.39 is 6.10 Å². The number of hydrogen-bond acceptors (Lipinski definition) is 4. The summed E-state index contributed by atoms with van der Waals surface area (Å²) in [6.45, 7) is 17.0. The summed E-state index contributed by atoms with van der Waals surface area (Å²) >= 11 is 0. The molecule has 0 saturated carbocycles. The average molecular weight is 481 g/mol. The second-order valence-corrected chi connectivity index (χ2v) is 12.1. The van der Waals surface area contributed by atoms with Gasteiger partial charge in [0.05, 0.1) is 0 Å². The third-order valence-corrected chi connectivity index (χ3v) is 8.71. The maximum absolute atomic E-state index is 12.3. The molecule has 1 aromatic heterocycles. The van der Waals surface area contributed by atoms with E-state index in [4.69, 9.17) is 4.74 Å². The van der Waals surface area contributed by atoms with Crippen LogP contribution >= 0.6 is 0 Å². The average Bonchev–Trinajstić information content (AvgIpc) is 2.83. The van der Waals surface area contributed by atoms with Crippen molar-refractivity contribution in [1.82, 2.24) is 9.47 Å². The molecule has 0 radical (unpaired) electrons. The van der Waals surface area contributed by atoms with Gasteiger partial charge in [-0.05, 0) is 53.7 Å². The Morgan fingerprint density at radius 3 is 2.49 bits per heavy atom. The number of hydrogen-bond donors (Lipinski definition) is 1. The van der Waals surface area contributed by atoms with E-state index >= 15 is 0 Å². The fourth-order valence-electron chi connectivity index (χ4n) is 5.68. The van der Waals surface area contributed by atoms with Gasteiger partial charge in [0.15, 0.2) is 0 Å². The lowest BCUT2D eigenvalue weighted by Gasteiger charge is -2.43. The Bertz CT molecular complexity index is 1090. The van der Waals surface area contributed by atoms with Crippen LogP contribution in [0.15, 0.2) is 41.2 Å². The molecule has 35 heavy (non-hydrogen) atoms. The Kier molecular flexibility index (Phi) is 7.49. The van der Waals surface area contributed by atoms with Crippen LogP contribution in [0.5, 0.6) is 5.75 Å². The minimum Gasteiger partial charge on any atom is -0.491 e. The van der Waals surface area contributed by atoms with Crippen LogP contribution in [-0.4, -0.2) is 46.9 Å². The quantitative estimate of drug-likeness (QED) is 0.544. The van der Waals surface area contributed by atoms with Crippen molar-refractivity contribution in [2.45, 2.75) is 90.2 Å². The molecule has 2 aliphatic heterocycles. The van der Waals surface area contributed by atoms with Crippen molar-refractivity contribution in [3.63, 3.8) is 0 Å². The molecule has 5 heteroatoms. The molecule has 1 fully saturated rings. The number of aliphatic hydroxyl groups is 1. The van der Waals surface area contributed by atoms with Crippen LogP contribution in [-0.2, 0) is 17.4 Å². The number of benzene rings is 1. The summed E-state index contributed by atoms with van der Waals surface area (Å²) < 4.78 is 8.23. The normalized spacial score (nSPS) is 21.5. The van der Waals surface area contributed by atoms with Crippen LogP contribution in [0, 0.1) is 5.92 Å². The Morgan fingerprint density at radius 2 is 1.77 bits per heavy atom. The van der Waals surface area contributed by atoms with E-state index in [2.05, 4.69) is 70.7 Å². The molecule has 2 aromatic rings. The number of aliphatic hydroxyl groups excluding tert-OH is 1. The Morgan fingerprint density at radius 1 is 1.03 bits per heavy atom. The SMILES string of the molecule is CCC(C)(C)c1ccc(OC[C@@H](O)CN2C[C@@H]3C[C@@H](C2)c2cccc(=O)n2C3)c(C(C)(C)CC)c1. The molecule has 1 aromatic carbocycles. The molecule has 2 aliphatic rings. The van der Waals surface area contributed by atoms with Gasteiger partial charge in [0, 0.05) is 49.4 Å². The summed E-state index contributed by atoms with van der Waals surface area (Å²) in [7, 11) is 0. The van der Waals surface area contributed by atoms with E-state index in [1.807, 2.05) is 10.6 Å². The van der Waals surface area contributed by atoms with Crippen LogP contribution in [0.1, 0.15) is 83.5 Å². The van der Waals surface area contributed by atoms with Crippen LogP contribution in [0.4, 0.5) is 0 Å². The molecule has 2 bridgehead atoms. The second kappa shape index (κ2) is 10.1. The number of pyridine rings is 1. The zero-order valence-corrected chi connectivity index (χ0v) is 22.5. The van der Waals surface area contributed by atoms with E-state index in [1.165, 1.54) is 11.1 Å². The van der Waals surface area contributed by atoms with Gasteiger partial charge in [-0.2, -0.15) is 0 Å². The molecule has 4 rings (SSSR count). The molecule has 0 spiro atoms. The van der Waals surface area contributed by atoms with Gasteiger partial charge in [0.25, 0.3) is 5.56 Å². The predicted octanol–water partition coefficient (Wildman–Crippen LogP) is 5.08. The highest BCUT2D eigenvalue weighted by molar-refractivity contribution is 5.44. The van der Waals surface area contributed by atoms with Gasteiger partial charge in [0.1, 0.15) is 18.5 Å². The van der Waals surface area contributed by atoms with E-state index in [-0.39, 0.29) is 23.0 Å². The highest BCUT2D eigenvalue weighted by atomic mass is 16.5. The second-order valence-electron chi connectivity index (χ2n) is 12.1. The van der Waals surface area contributed by atoms with Crippen molar-refractivity contribution >= 4 is 0 Å². The monoisotopic (exact) mass is 480 g/mol. The first-order valence-corrected chi connectivity index (χ1v) is 13.4. The van der Waals surface area contributed by atoms with Crippen molar-refractivity contribution in [1.29, 1.82) is 0 Å². The van der Waals surface area contributed by atoms with Crippen LogP contribution in [0.3, 0.4) is 0 Å². The smallest absolute Gasteiger partial charge is 0.250 e. The number of fused-ring (bicyclic) bond motifs is 4. The highest BCUT2D eigenvalue weighted by Gasteiger charge is 2.35. The number of β-amino-alcohol motifs (C(OH)–C–C–N with tert-alkyl or cyclic N) is 1. The molecule has 0 amide bonds. The first kappa shape index (κ1) is 26.0. The summed E-state index contributed by atoms with van der Waals surface area (Å²) in [4.78, 5) is 14.6. The maximum Gasteiger partial charge on any atom is 0.250 e. The Hall–Kier alpha value is -2.11. The zero-order chi connectivity index (χ0) is 25.4. The minimum atomic E-state index is -0.559. The topological polar surface area (TPSA) is 54.7 Å². The highest BCUT2D eigenvalue weighted by Crippen LogP contribution is 2.39. The predicted molar refractivity (Wildman–Crippen MR) is 143 cm³/mol. The van der Waals surface area contributed by atoms with E-state index in [1.54, 1.807) is 6.07 Å². The first-order valence-electron chi connectivity index (χ1n) is 13.4. The number of ether oxygens (including phenoxy) is 1. The van der Waals surface area contributed by atoms with Crippen LogP contribution in [0.2, 0.25) is 0 Å². The summed E-state index contributed by atoms with van der Waals surface area (Å²) in [5, 5.41) is 10.9. The van der Waals surface area contributed by atoms with Gasteiger partial charge in [0.2, 0.25) is 0 Å². The number of likely N-dealkylation sites (tertiary alicyclic amines) is 1. The van der Waals surface area contributed by atoms with Gasteiger partial charge < -0.3 is 14.4 Å². The lowest BCUT2D eigenvalue weighted by Crippen LogP contribution is -2.49. The van der Waals surface area contributed by atoms with E-state index in [9.17, 15) is 9.90 Å². The minimum absolute atomic E-state index is 0.00406. The van der Waals surface area contributed by atoms with Crippen molar-refractivity contribution in [2.24, 2.45) is 5.92 Å². The molecule has 1 N–H and O–H groups in total. The fraction of sp³-hybridized carbons (Fsp3) is 0.633. The molecular formula is C30H44N2O3. The van der Waals surface area contributed by atoms with Gasteiger partial charge in [-0.3, -0.25) is 9.69 Å². The molecule has 0 unspecified atom stereocenters. The number of aromatic nitrogens is 1. The molecule has 3 atom stereocenters. The van der Waals surface area contributed by atoms with Gasteiger partial charge in [-0.25, -0.2) is 0 Å².